The second kappa shape index (κ2) is 10.5. The average Bonchev–Trinajstić information content (AvgIpc) is 3.23. The van der Waals surface area contributed by atoms with Gasteiger partial charge in [-0.15, -0.1) is 5.10 Å². The number of allylic oxidation sites excluding steroid dienone is 2. The highest BCUT2D eigenvalue weighted by Gasteiger charge is 2.33. The molecule has 1 aliphatic rings. The van der Waals surface area contributed by atoms with Crippen molar-refractivity contribution < 1.29 is 14.3 Å². The minimum atomic E-state index is -0.440. The Morgan fingerprint density at radius 1 is 1.24 bits per heavy atom. The van der Waals surface area contributed by atoms with Crippen molar-refractivity contribution in [3.8, 4) is 11.5 Å². The molecule has 1 N–H and O–H groups in total. The van der Waals surface area contributed by atoms with Crippen molar-refractivity contribution in [3.63, 3.8) is 0 Å². The van der Waals surface area contributed by atoms with Crippen LogP contribution in [-0.4, -0.2) is 34.3 Å². The number of hydrogen-bond acceptors (Lipinski definition) is 7. The molecule has 7 nitrogen and oxygen atoms in total. The van der Waals surface area contributed by atoms with Crippen LogP contribution in [0.4, 0.5) is 5.95 Å². The molecular formula is C25H27ClN4O3S. The summed E-state index contributed by atoms with van der Waals surface area (Å²) in [5, 5.41) is 9.30. The predicted molar refractivity (Wildman–Crippen MR) is 135 cm³/mol. The molecule has 0 bridgehead atoms. The quantitative estimate of drug-likeness (QED) is 0.368. The summed E-state index contributed by atoms with van der Waals surface area (Å²) in [7, 11) is 1.61. The van der Waals surface area contributed by atoms with E-state index in [0.717, 1.165) is 23.2 Å². The van der Waals surface area contributed by atoms with Gasteiger partial charge in [-0.25, -0.2) is 4.68 Å². The molecule has 0 saturated heterocycles. The molecular weight excluding hydrogens is 472 g/mol. The Morgan fingerprint density at radius 2 is 2.03 bits per heavy atom. The normalized spacial score (nSPS) is 15.0. The van der Waals surface area contributed by atoms with Gasteiger partial charge in [-0.05, 0) is 49.6 Å². The fraction of sp³-hybridized carbons (Fsp3) is 0.320. The zero-order valence-corrected chi connectivity index (χ0v) is 21.2. The number of fused-ring (bicyclic) bond motifs is 1. The monoisotopic (exact) mass is 498 g/mol. The number of nitrogens with zero attached hydrogens (tertiary/aromatic N) is 3. The summed E-state index contributed by atoms with van der Waals surface area (Å²) >= 11 is 7.80. The maximum atomic E-state index is 12.7. The van der Waals surface area contributed by atoms with Crippen LogP contribution >= 0.6 is 23.4 Å². The highest BCUT2D eigenvalue weighted by Crippen LogP contribution is 2.40. The standard InChI is InChI=1S/C25H27ClN4O3S/c1-5-12-33-20-11-10-17(13-21(20)32-4)23-22(16(3)31)15(2)27-24-28-25(29-30(23)24)34-14-18-8-6-7-9-19(18)26/h6-11,13,23H,5,12,14H2,1-4H3,(H,27,28,29). The van der Waals surface area contributed by atoms with Crippen LogP contribution in [0.5, 0.6) is 11.5 Å². The largest absolute Gasteiger partial charge is 0.493 e. The molecule has 1 atom stereocenters. The number of aromatic nitrogens is 3. The van der Waals surface area contributed by atoms with E-state index in [0.29, 0.717) is 45.6 Å². The van der Waals surface area contributed by atoms with Gasteiger partial charge in [0.15, 0.2) is 17.3 Å². The van der Waals surface area contributed by atoms with E-state index in [1.807, 2.05) is 49.4 Å². The van der Waals surface area contributed by atoms with Gasteiger partial charge in [0.1, 0.15) is 6.04 Å². The summed E-state index contributed by atoms with van der Waals surface area (Å²) < 4.78 is 13.2. The van der Waals surface area contributed by atoms with Crippen LogP contribution in [0.3, 0.4) is 0 Å². The Balaban J connectivity index is 1.70. The van der Waals surface area contributed by atoms with Crippen molar-refractivity contribution >= 4 is 35.1 Å². The number of Topliss-reactive ketones (excluding diaryl/α,β-unsaturated/α-hetero) is 1. The number of anilines is 1. The van der Waals surface area contributed by atoms with Crippen molar-refractivity contribution in [1.82, 2.24) is 14.8 Å². The van der Waals surface area contributed by atoms with Gasteiger partial charge < -0.3 is 14.8 Å². The first kappa shape index (κ1) is 24.2. The van der Waals surface area contributed by atoms with Crippen LogP contribution in [-0.2, 0) is 10.5 Å². The Morgan fingerprint density at radius 3 is 2.74 bits per heavy atom. The minimum Gasteiger partial charge on any atom is -0.493 e. The zero-order valence-electron chi connectivity index (χ0n) is 19.6. The van der Waals surface area contributed by atoms with Crippen LogP contribution in [0.2, 0.25) is 5.02 Å². The molecule has 34 heavy (non-hydrogen) atoms. The van der Waals surface area contributed by atoms with Crippen molar-refractivity contribution in [2.24, 2.45) is 0 Å². The molecule has 0 fully saturated rings. The maximum Gasteiger partial charge on any atom is 0.227 e. The van der Waals surface area contributed by atoms with Gasteiger partial charge in [0.05, 0.1) is 13.7 Å². The van der Waals surface area contributed by atoms with E-state index < -0.39 is 6.04 Å². The van der Waals surface area contributed by atoms with E-state index in [-0.39, 0.29) is 5.78 Å². The molecule has 0 aliphatic carbocycles. The van der Waals surface area contributed by atoms with Crippen LogP contribution < -0.4 is 14.8 Å². The fourth-order valence-electron chi connectivity index (χ4n) is 3.90. The molecule has 1 unspecified atom stereocenters. The average molecular weight is 499 g/mol. The minimum absolute atomic E-state index is 0.0355. The lowest BCUT2D eigenvalue weighted by atomic mass is 9.93. The van der Waals surface area contributed by atoms with E-state index in [1.54, 1.807) is 18.7 Å². The number of carbonyl (C=O) groups is 1. The van der Waals surface area contributed by atoms with Gasteiger partial charge in [0.25, 0.3) is 0 Å². The number of rotatable bonds is 9. The van der Waals surface area contributed by atoms with Crippen molar-refractivity contribution in [2.45, 2.75) is 44.1 Å². The second-order valence-electron chi connectivity index (χ2n) is 7.92. The number of ketones is 1. The third-order valence-electron chi connectivity index (χ3n) is 5.49. The van der Waals surface area contributed by atoms with E-state index in [2.05, 4.69) is 17.2 Å². The van der Waals surface area contributed by atoms with Gasteiger partial charge in [-0.3, -0.25) is 4.79 Å². The van der Waals surface area contributed by atoms with Crippen LogP contribution in [0, 0.1) is 0 Å². The van der Waals surface area contributed by atoms with Crippen LogP contribution in [0.1, 0.15) is 44.4 Å². The Labute approximate surface area is 208 Å². The van der Waals surface area contributed by atoms with Crippen LogP contribution in [0.15, 0.2) is 58.9 Å². The Bertz CT molecular complexity index is 1240. The summed E-state index contributed by atoms with van der Waals surface area (Å²) in [6.07, 6.45) is 0.895. The molecule has 0 radical (unpaired) electrons. The predicted octanol–water partition coefficient (Wildman–Crippen LogP) is 5.90. The second-order valence-corrected chi connectivity index (χ2v) is 9.27. The van der Waals surface area contributed by atoms with Gasteiger partial charge in [0.2, 0.25) is 11.1 Å². The number of methoxy groups -OCH3 is 1. The summed E-state index contributed by atoms with van der Waals surface area (Å²) in [6, 6.07) is 13.0. The highest BCUT2D eigenvalue weighted by molar-refractivity contribution is 7.98. The molecule has 1 aromatic heterocycles. The molecule has 0 amide bonds. The highest BCUT2D eigenvalue weighted by atomic mass is 35.5. The number of carbonyl (C=O) groups excluding carboxylic acids is 1. The fourth-order valence-corrected chi connectivity index (χ4v) is 5.02. The first-order valence-electron chi connectivity index (χ1n) is 11.0. The SMILES string of the molecule is CCCOc1ccc(C2C(C(C)=O)=C(C)Nc3nc(SCc4ccccc4Cl)nn32)cc1OC. The van der Waals surface area contributed by atoms with E-state index >= 15 is 0 Å². The third kappa shape index (κ3) is 4.93. The molecule has 3 aromatic rings. The van der Waals surface area contributed by atoms with Crippen molar-refractivity contribution in [2.75, 3.05) is 19.0 Å². The smallest absolute Gasteiger partial charge is 0.227 e. The maximum absolute atomic E-state index is 12.7. The Kier molecular flexibility index (Phi) is 7.48. The number of ether oxygens (including phenoxy) is 2. The molecule has 2 aromatic carbocycles. The molecule has 0 spiro atoms. The van der Waals surface area contributed by atoms with Crippen LogP contribution in [0.25, 0.3) is 0 Å². The first-order chi connectivity index (χ1) is 16.4. The third-order valence-corrected chi connectivity index (χ3v) is 6.75. The molecule has 0 saturated carbocycles. The van der Waals surface area contributed by atoms with Crippen molar-refractivity contribution in [3.05, 3.63) is 69.9 Å². The van der Waals surface area contributed by atoms with E-state index in [4.69, 9.17) is 26.2 Å². The summed E-state index contributed by atoms with van der Waals surface area (Å²) in [6.45, 7) is 6.10. The molecule has 9 heteroatoms. The Hall–Kier alpha value is -2.97. The number of halogens is 1. The topological polar surface area (TPSA) is 78.3 Å². The number of benzene rings is 2. The van der Waals surface area contributed by atoms with E-state index in [9.17, 15) is 4.79 Å². The lowest BCUT2D eigenvalue weighted by Crippen LogP contribution is -2.27. The van der Waals surface area contributed by atoms with E-state index in [1.165, 1.54) is 11.8 Å². The first-order valence-corrected chi connectivity index (χ1v) is 12.4. The summed E-state index contributed by atoms with van der Waals surface area (Å²) in [4.78, 5) is 17.4. The van der Waals surface area contributed by atoms with Gasteiger partial charge >= 0.3 is 0 Å². The van der Waals surface area contributed by atoms with Gasteiger partial charge in [0, 0.05) is 22.0 Å². The van der Waals surface area contributed by atoms with Crippen molar-refractivity contribution in [1.29, 1.82) is 0 Å². The molecule has 4 rings (SSSR count). The number of nitrogens with one attached hydrogen (secondary N) is 1. The number of thioether (sulfide) groups is 1. The molecule has 2 heterocycles. The van der Waals surface area contributed by atoms with Gasteiger partial charge in [-0.1, -0.05) is 54.6 Å². The summed E-state index contributed by atoms with van der Waals surface area (Å²) in [5.41, 5.74) is 3.26. The number of hydrogen-bond donors (Lipinski definition) is 1. The zero-order chi connectivity index (χ0) is 24.2. The van der Waals surface area contributed by atoms with Gasteiger partial charge in [-0.2, -0.15) is 4.98 Å². The molecule has 1 aliphatic heterocycles. The summed E-state index contributed by atoms with van der Waals surface area (Å²) in [5.74, 6) is 2.46. The lowest BCUT2D eigenvalue weighted by Gasteiger charge is -2.28. The lowest BCUT2D eigenvalue weighted by molar-refractivity contribution is -0.114. The molecule has 178 valence electrons.